The Bertz CT molecular complexity index is 752. The molecule has 2 heterocycles. The molecule has 0 spiro atoms. The van der Waals surface area contributed by atoms with Gasteiger partial charge in [0.05, 0.1) is 6.61 Å². The minimum Gasteiger partial charge on any atom is -0.459 e. The van der Waals surface area contributed by atoms with Crippen molar-refractivity contribution in [2.45, 2.75) is 13.8 Å². The van der Waals surface area contributed by atoms with E-state index in [1.54, 1.807) is 13.1 Å². The van der Waals surface area contributed by atoms with E-state index in [9.17, 15) is 9.59 Å². The van der Waals surface area contributed by atoms with E-state index in [0.717, 1.165) is 11.6 Å². The zero-order valence-corrected chi connectivity index (χ0v) is 15.7. The molecule has 1 aromatic carbocycles. The molecule has 0 N–H and O–H groups in total. The fourth-order valence-corrected chi connectivity index (χ4v) is 2.87. The molecule has 1 aromatic heterocycles. The predicted molar refractivity (Wildman–Crippen MR) is 101 cm³/mol. The van der Waals surface area contributed by atoms with Gasteiger partial charge in [-0.15, -0.1) is 12.4 Å². The Morgan fingerprint density at radius 2 is 1.77 bits per heavy atom. The highest BCUT2D eigenvalue weighted by atomic mass is 35.5. The van der Waals surface area contributed by atoms with Crippen LogP contribution in [0.3, 0.4) is 0 Å². The number of rotatable bonds is 3. The maximum atomic E-state index is 12.0. The maximum Gasteiger partial charge on any atom is 0.397 e. The molecule has 2 aromatic rings. The van der Waals surface area contributed by atoms with Crippen molar-refractivity contribution >= 4 is 30.2 Å². The third-order valence-electron chi connectivity index (χ3n) is 4.23. The van der Waals surface area contributed by atoms with Crippen LogP contribution in [0.25, 0.3) is 5.69 Å². The summed E-state index contributed by atoms with van der Waals surface area (Å²) in [7, 11) is 0. The molecule has 0 saturated carbocycles. The summed E-state index contributed by atoms with van der Waals surface area (Å²) in [6.45, 7) is 6.13. The SMILES string of the molecule is CCOC(=O)C(=O)N1CCN(c2nccn2-c2ccc(C)cc2)CC1.Cl. The molecule has 1 fully saturated rings. The lowest BCUT2D eigenvalue weighted by atomic mass is 10.2. The number of hydrogen-bond donors (Lipinski definition) is 0. The number of amides is 1. The second-order valence-corrected chi connectivity index (χ2v) is 5.93. The van der Waals surface area contributed by atoms with Gasteiger partial charge < -0.3 is 14.5 Å². The largest absolute Gasteiger partial charge is 0.459 e. The van der Waals surface area contributed by atoms with Crippen LogP contribution >= 0.6 is 12.4 Å². The van der Waals surface area contributed by atoms with Gasteiger partial charge in [-0.05, 0) is 26.0 Å². The molecular weight excluding hydrogens is 356 g/mol. The maximum absolute atomic E-state index is 12.0. The summed E-state index contributed by atoms with van der Waals surface area (Å²) < 4.78 is 6.81. The number of nitrogens with zero attached hydrogens (tertiary/aromatic N) is 4. The van der Waals surface area contributed by atoms with Gasteiger partial charge in [0.15, 0.2) is 0 Å². The quantitative estimate of drug-likeness (QED) is 0.602. The van der Waals surface area contributed by atoms with Crippen LogP contribution < -0.4 is 4.90 Å². The van der Waals surface area contributed by atoms with Crippen molar-refractivity contribution in [2.75, 3.05) is 37.7 Å². The van der Waals surface area contributed by atoms with Gasteiger partial charge in [0.2, 0.25) is 5.95 Å². The minimum atomic E-state index is -0.780. The van der Waals surface area contributed by atoms with Gasteiger partial charge in [-0.1, -0.05) is 17.7 Å². The summed E-state index contributed by atoms with van der Waals surface area (Å²) in [5.74, 6) is -0.507. The van der Waals surface area contributed by atoms with E-state index in [4.69, 9.17) is 4.74 Å². The third kappa shape index (κ3) is 4.16. The van der Waals surface area contributed by atoms with Crippen molar-refractivity contribution in [1.29, 1.82) is 0 Å². The van der Waals surface area contributed by atoms with E-state index in [-0.39, 0.29) is 19.0 Å². The molecule has 7 nitrogen and oxygen atoms in total. The first-order valence-corrected chi connectivity index (χ1v) is 8.41. The second-order valence-electron chi connectivity index (χ2n) is 5.93. The Kier molecular flexibility index (Phi) is 6.63. The molecule has 0 atom stereocenters. The Balaban J connectivity index is 0.00000243. The lowest BCUT2D eigenvalue weighted by Crippen LogP contribution is -2.51. The van der Waals surface area contributed by atoms with E-state index in [1.165, 1.54) is 10.5 Å². The molecule has 0 unspecified atom stereocenters. The number of aromatic nitrogens is 2. The molecule has 1 saturated heterocycles. The second kappa shape index (κ2) is 8.71. The van der Waals surface area contributed by atoms with Gasteiger partial charge in [-0.25, -0.2) is 9.78 Å². The van der Waals surface area contributed by atoms with E-state index >= 15 is 0 Å². The van der Waals surface area contributed by atoms with Crippen molar-refractivity contribution in [2.24, 2.45) is 0 Å². The van der Waals surface area contributed by atoms with E-state index in [2.05, 4.69) is 41.1 Å². The normalized spacial score (nSPS) is 13.9. The van der Waals surface area contributed by atoms with Crippen molar-refractivity contribution in [3.8, 4) is 5.69 Å². The lowest BCUT2D eigenvalue weighted by molar-refractivity contribution is -0.160. The minimum absolute atomic E-state index is 0. The van der Waals surface area contributed by atoms with Crippen LogP contribution in [0.2, 0.25) is 0 Å². The Hall–Kier alpha value is -2.54. The summed E-state index contributed by atoms with van der Waals surface area (Å²) in [5.41, 5.74) is 2.25. The number of ether oxygens (including phenoxy) is 1. The molecule has 0 bridgehead atoms. The highest BCUT2D eigenvalue weighted by Crippen LogP contribution is 2.20. The van der Waals surface area contributed by atoms with Gasteiger partial charge in [-0.3, -0.25) is 9.36 Å². The Morgan fingerprint density at radius 1 is 1.12 bits per heavy atom. The lowest BCUT2D eigenvalue weighted by Gasteiger charge is -2.34. The zero-order valence-electron chi connectivity index (χ0n) is 14.9. The average molecular weight is 379 g/mol. The van der Waals surface area contributed by atoms with Gasteiger partial charge in [-0.2, -0.15) is 0 Å². The predicted octanol–water partition coefficient (Wildman–Crippen LogP) is 1.81. The Labute approximate surface area is 159 Å². The molecule has 26 heavy (non-hydrogen) atoms. The summed E-state index contributed by atoms with van der Waals surface area (Å²) in [6, 6.07) is 8.24. The third-order valence-corrected chi connectivity index (χ3v) is 4.23. The van der Waals surface area contributed by atoms with Crippen LogP contribution in [0, 0.1) is 6.92 Å². The Morgan fingerprint density at radius 3 is 2.38 bits per heavy atom. The number of carbonyl (C=O) groups is 2. The smallest absolute Gasteiger partial charge is 0.397 e. The van der Waals surface area contributed by atoms with Crippen molar-refractivity contribution < 1.29 is 14.3 Å². The topological polar surface area (TPSA) is 67.7 Å². The molecule has 140 valence electrons. The first-order chi connectivity index (χ1) is 12.1. The number of esters is 1. The highest BCUT2D eigenvalue weighted by Gasteiger charge is 2.28. The first-order valence-electron chi connectivity index (χ1n) is 8.41. The van der Waals surface area contributed by atoms with E-state index in [0.29, 0.717) is 26.2 Å². The number of benzene rings is 1. The van der Waals surface area contributed by atoms with Crippen LogP contribution in [0.1, 0.15) is 12.5 Å². The monoisotopic (exact) mass is 378 g/mol. The van der Waals surface area contributed by atoms with Crippen molar-refractivity contribution in [3.63, 3.8) is 0 Å². The number of hydrogen-bond acceptors (Lipinski definition) is 5. The van der Waals surface area contributed by atoms with Gasteiger partial charge in [0.25, 0.3) is 0 Å². The number of carbonyl (C=O) groups excluding carboxylic acids is 2. The number of halogens is 1. The van der Waals surface area contributed by atoms with Gasteiger partial charge in [0.1, 0.15) is 0 Å². The van der Waals surface area contributed by atoms with Gasteiger partial charge in [0, 0.05) is 44.3 Å². The summed E-state index contributed by atoms with van der Waals surface area (Å²) >= 11 is 0. The fraction of sp³-hybridized carbons (Fsp3) is 0.389. The molecule has 0 radical (unpaired) electrons. The summed E-state index contributed by atoms with van der Waals surface area (Å²) in [6.07, 6.45) is 3.70. The van der Waals surface area contributed by atoms with Crippen LogP contribution in [0.5, 0.6) is 0 Å². The van der Waals surface area contributed by atoms with Crippen LogP contribution in [0.15, 0.2) is 36.7 Å². The van der Waals surface area contributed by atoms with E-state index < -0.39 is 11.9 Å². The highest BCUT2D eigenvalue weighted by molar-refractivity contribution is 6.32. The fourth-order valence-electron chi connectivity index (χ4n) is 2.87. The number of anilines is 1. The van der Waals surface area contributed by atoms with Crippen LogP contribution in [-0.2, 0) is 14.3 Å². The first kappa shape index (κ1) is 19.8. The molecular formula is C18H23ClN4O3. The van der Waals surface area contributed by atoms with Gasteiger partial charge >= 0.3 is 11.9 Å². The van der Waals surface area contributed by atoms with Crippen LogP contribution in [0.4, 0.5) is 5.95 Å². The zero-order chi connectivity index (χ0) is 17.8. The summed E-state index contributed by atoms with van der Waals surface area (Å²) in [4.78, 5) is 31.7. The average Bonchev–Trinajstić information content (AvgIpc) is 3.12. The van der Waals surface area contributed by atoms with Crippen LogP contribution in [-0.4, -0.2) is 59.1 Å². The number of imidazole rings is 1. The molecule has 0 aliphatic carbocycles. The standard InChI is InChI=1S/C18H22N4O3.ClH/c1-3-25-17(24)16(23)20-10-12-21(13-11-20)18-19-8-9-22(18)15-6-4-14(2)5-7-15;/h4-9H,3,10-13H2,1-2H3;1H. The molecule has 1 aliphatic rings. The van der Waals surface area contributed by atoms with E-state index in [1.807, 2.05) is 10.8 Å². The van der Waals surface area contributed by atoms with Crippen molar-refractivity contribution in [3.05, 3.63) is 42.2 Å². The number of aryl methyl sites for hydroxylation is 1. The molecule has 8 heteroatoms. The number of piperazine rings is 1. The summed E-state index contributed by atoms with van der Waals surface area (Å²) in [5, 5.41) is 0. The molecule has 1 amide bonds. The van der Waals surface area contributed by atoms with Crippen molar-refractivity contribution in [1.82, 2.24) is 14.5 Å². The molecule has 1 aliphatic heterocycles. The molecule has 3 rings (SSSR count).